The Balaban J connectivity index is 2.94. The van der Waals surface area contributed by atoms with Gasteiger partial charge in [-0.05, 0) is 98.6 Å². The number of carbonyl (C=O) groups is 1. The maximum Gasteiger partial charge on any atom is 0.509 e. The fourth-order valence-electron chi connectivity index (χ4n) is 6.89. The van der Waals surface area contributed by atoms with Gasteiger partial charge in [-0.2, -0.15) is 0 Å². The van der Waals surface area contributed by atoms with Crippen LogP contribution in [-0.4, -0.2) is 47.9 Å². The second-order valence-corrected chi connectivity index (χ2v) is 129. The summed E-state index contributed by atoms with van der Waals surface area (Å²) in [6.07, 6.45) is 1.70. The molecule has 7 nitrogen and oxygen atoms in total. The Labute approximate surface area is 425 Å². The van der Waals surface area contributed by atoms with Gasteiger partial charge in [0.05, 0.1) is 40.9 Å². The van der Waals surface area contributed by atoms with Gasteiger partial charge in [0.1, 0.15) is 0 Å². The quantitative estimate of drug-likeness (QED) is 0.0525. The summed E-state index contributed by atoms with van der Waals surface area (Å²) in [6.45, 7) is 10.9. The average Bonchev–Trinajstić information content (AvgIpc) is 3.49. The predicted molar refractivity (Wildman–Crippen MR) is 375 cm³/mol. The standard InChI is InChI=1S/C22H68O7P32/c1-12-11-21(5,6)16(10-17(12)28-50(59(46)54(37)38)61(56(41)42)57(43)44)19-22(26-20(24)25-19,13(2)8-7-9-23)14(3)18(29-48(51(31)32)58(45)53(35)36)15(4)27-49(52(33)34)60(47-30)55(39)40/h11,14-19,23,47H,2,7-10,30-46H2,1,3-6H3. The summed E-state index contributed by atoms with van der Waals surface area (Å²) in [5.41, 5.74) is 0.331. The van der Waals surface area contributed by atoms with E-state index < -0.39 is 101 Å². The van der Waals surface area contributed by atoms with E-state index in [1.807, 2.05) is 0 Å². The maximum atomic E-state index is 14.1. The Morgan fingerprint density at radius 1 is 0.836 bits per heavy atom. The summed E-state index contributed by atoms with van der Waals surface area (Å²) >= 11 is 0. The first-order valence-electron chi connectivity index (χ1n) is 17.6. The lowest BCUT2D eigenvalue weighted by Gasteiger charge is -2.50. The molecule has 2 rings (SSSR count). The molecule has 0 aromatic heterocycles. The number of ether oxygens (including phenoxy) is 2. The molecule has 0 aromatic carbocycles. The van der Waals surface area contributed by atoms with Crippen molar-refractivity contribution >= 4 is 265 Å². The van der Waals surface area contributed by atoms with Crippen LogP contribution in [0.25, 0.3) is 0 Å². The second-order valence-electron chi connectivity index (χ2n) is 14.2. The zero-order chi connectivity index (χ0) is 47.1. The average molecular weight is 1440 g/mol. The molecule has 0 aromatic rings. The van der Waals surface area contributed by atoms with E-state index in [2.05, 4.69) is 192 Å². The molecule has 0 bridgehead atoms. The van der Waals surface area contributed by atoms with Crippen molar-refractivity contribution in [3.05, 3.63) is 23.8 Å². The number of rotatable bonds is 26. The summed E-state index contributed by atoms with van der Waals surface area (Å²) in [4.78, 5) is 14.1. The van der Waals surface area contributed by atoms with Crippen molar-refractivity contribution in [2.75, 3.05) is 6.61 Å². The maximum absolute atomic E-state index is 14.1. The molecular weight excluding hydrogens is 1370 g/mol. The minimum absolute atomic E-state index is 0.00285. The van der Waals surface area contributed by atoms with Crippen LogP contribution in [0.2, 0.25) is 0 Å². The lowest BCUT2D eigenvalue weighted by Crippen LogP contribution is -2.58. The fraction of sp³-hybridized carbons (Fsp3) is 0.773. The molecule has 1 heterocycles. The second kappa shape index (κ2) is 33.8. The molecule has 31 atom stereocenters. The first-order valence-corrected chi connectivity index (χ1v) is 73.5. The molecule has 31 unspecified atom stereocenters. The zero-order valence-electron chi connectivity index (χ0n) is 34.5. The first kappa shape index (κ1) is 69.5. The Bertz CT molecular complexity index is 1410. The predicted octanol–water partition coefficient (Wildman–Crippen LogP) is 22.0. The van der Waals surface area contributed by atoms with Crippen molar-refractivity contribution in [3.63, 3.8) is 0 Å². The minimum Gasteiger partial charge on any atom is -0.426 e. The summed E-state index contributed by atoms with van der Waals surface area (Å²) in [7, 11) is 50.7. The number of aliphatic hydroxyl groups excluding tert-OH is 1. The van der Waals surface area contributed by atoms with Gasteiger partial charge in [0.25, 0.3) is 0 Å². The summed E-state index contributed by atoms with van der Waals surface area (Å²) in [5.74, 6) is -0.586. The van der Waals surface area contributed by atoms with Crippen LogP contribution in [0.4, 0.5) is 4.79 Å². The van der Waals surface area contributed by atoms with Crippen LogP contribution in [0.15, 0.2) is 23.8 Å². The Hall–Kier alpha value is 12.3. The van der Waals surface area contributed by atoms with Crippen molar-refractivity contribution in [2.24, 2.45) is 17.3 Å². The van der Waals surface area contributed by atoms with E-state index in [9.17, 15) is 9.90 Å². The molecule has 0 spiro atoms. The van der Waals surface area contributed by atoms with Crippen LogP contribution in [0, 0.1) is 17.3 Å². The topological polar surface area (TPSA) is 83.5 Å². The van der Waals surface area contributed by atoms with Gasteiger partial charge in [-0.1, -0.05) is 59.2 Å². The van der Waals surface area contributed by atoms with E-state index in [4.69, 9.17) is 29.6 Å². The number of allylic oxidation sites excluding steroid dienone is 1. The van der Waals surface area contributed by atoms with E-state index in [1.165, 1.54) is 5.57 Å². The number of aliphatic hydroxyl groups is 1. The number of hydrogen-bond acceptors (Lipinski definition) is 7. The molecule has 0 saturated carbocycles. The van der Waals surface area contributed by atoms with Crippen LogP contribution in [-0.2, 0) is 23.0 Å². The zero-order valence-corrected chi connectivity index (χ0v) is 67.7. The Morgan fingerprint density at radius 2 is 1.36 bits per heavy atom. The Morgan fingerprint density at radius 3 is 1.80 bits per heavy atom. The summed E-state index contributed by atoms with van der Waals surface area (Å²) < 4.78 is 35.8. The third-order valence-electron chi connectivity index (χ3n) is 9.60. The van der Waals surface area contributed by atoms with Gasteiger partial charge in [-0.25, -0.2) is 4.79 Å². The third-order valence-corrected chi connectivity index (χ3v) is 168. The molecule has 2 aliphatic rings. The summed E-state index contributed by atoms with van der Waals surface area (Å²) in [6, 6.07) is 0. The molecule has 0 amide bonds. The van der Waals surface area contributed by atoms with Gasteiger partial charge in [-0.15, -0.1) is 134 Å². The van der Waals surface area contributed by atoms with Gasteiger partial charge in [-0.3, -0.25) is 0 Å². The van der Waals surface area contributed by atoms with Crippen molar-refractivity contribution in [1.29, 1.82) is 0 Å². The monoisotopic (exact) mass is 1440 g/mol. The molecule has 358 valence electrons. The molecule has 61 heavy (non-hydrogen) atoms. The van der Waals surface area contributed by atoms with Crippen molar-refractivity contribution in [3.8, 4) is 0 Å². The van der Waals surface area contributed by atoms with Gasteiger partial charge in [0, 0.05) is 46.4 Å². The van der Waals surface area contributed by atoms with E-state index >= 15 is 0 Å². The normalized spacial score (nSPS) is 27.0. The molecular formula is C22H68O7P32. The van der Waals surface area contributed by atoms with E-state index in [0.717, 1.165) is 5.57 Å². The lowest BCUT2D eigenvalue weighted by atomic mass is 9.60. The van der Waals surface area contributed by atoms with E-state index in [1.54, 1.807) is 0 Å². The summed E-state index contributed by atoms with van der Waals surface area (Å²) in [5, 5.41) is 10.2. The van der Waals surface area contributed by atoms with Gasteiger partial charge in [0.2, 0.25) is 0 Å². The highest BCUT2D eigenvalue weighted by Gasteiger charge is 2.64. The molecule has 39 heteroatoms. The van der Waals surface area contributed by atoms with Gasteiger partial charge in [0.15, 0.2) is 11.7 Å². The van der Waals surface area contributed by atoms with Crippen molar-refractivity contribution in [2.45, 2.75) is 83.9 Å². The van der Waals surface area contributed by atoms with Crippen LogP contribution in [0.3, 0.4) is 0 Å². The van der Waals surface area contributed by atoms with Gasteiger partial charge >= 0.3 is 6.16 Å². The number of hydrogen-bond donors (Lipinski definition) is 1. The highest BCUT2D eigenvalue weighted by molar-refractivity contribution is 9.19. The van der Waals surface area contributed by atoms with Crippen LogP contribution >= 0.6 is 259 Å². The number of carbonyl (C=O) groups excluding carboxylic acids is 1. The number of cyclic esters (lactones) is 2. The van der Waals surface area contributed by atoms with Crippen LogP contribution in [0.5, 0.6) is 0 Å². The molecule has 1 aliphatic heterocycles. The molecule has 1 saturated heterocycles. The van der Waals surface area contributed by atoms with Crippen molar-refractivity contribution in [1.82, 2.24) is 0 Å². The minimum atomic E-state index is -1.26. The molecule has 1 aliphatic carbocycles. The highest BCUT2D eigenvalue weighted by Crippen LogP contribution is 3.18. The lowest BCUT2D eigenvalue weighted by molar-refractivity contribution is -0.0880. The third kappa shape index (κ3) is 20.4. The Kier molecular flexibility index (Phi) is 38.5. The van der Waals surface area contributed by atoms with Crippen molar-refractivity contribution < 1.29 is 32.9 Å². The first-order chi connectivity index (χ1) is 28.1. The highest BCUT2D eigenvalue weighted by atomic mass is 33.2. The van der Waals surface area contributed by atoms with Gasteiger partial charge < -0.3 is 28.2 Å². The van der Waals surface area contributed by atoms with Crippen LogP contribution < -0.4 is 0 Å². The van der Waals surface area contributed by atoms with E-state index in [-0.39, 0.29) is 58.1 Å². The smallest absolute Gasteiger partial charge is 0.426 e. The fourth-order valence-corrected chi connectivity index (χ4v) is 213. The molecule has 0 radical (unpaired) electrons. The molecule has 1 fully saturated rings. The van der Waals surface area contributed by atoms with E-state index in [0.29, 0.717) is 27.2 Å². The largest absolute Gasteiger partial charge is 0.509 e. The van der Waals surface area contributed by atoms with Crippen LogP contribution in [0.1, 0.15) is 53.9 Å². The SMILES string of the molecule is C=C(CCCO)C1(C(C)C(OP(P(P)P)P(P)P(P)P)C(C)OP(P(P)P)P(PP)P(P)P)OC(=O)OC1C1CC(OP(P(P)P(P)P)P(P(P)P)P(P)P)C(C)=CC1(C)C. The molecule has 1 N–H and O–H groups in total.